The summed E-state index contributed by atoms with van der Waals surface area (Å²) in [6.07, 6.45) is 0.585. The molecule has 1 N–H and O–H groups in total. The second kappa shape index (κ2) is 9.15. The lowest BCUT2D eigenvalue weighted by atomic mass is 10.2. The molecule has 0 aliphatic carbocycles. The van der Waals surface area contributed by atoms with Gasteiger partial charge in [-0.3, -0.25) is 9.10 Å². The quantitative estimate of drug-likeness (QED) is 0.553. The lowest BCUT2D eigenvalue weighted by molar-refractivity contribution is -0.122. The Morgan fingerprint density at radius 3 is 2.62 bits per heavy atom. The van der Waals surface area contributed by atoms with Gasteiger partial charge in [0.05, 0.1) is 17.1 Å². The number of carbonyl (C=O) groups is 1. The Bertz CT molecular complexity index is 1230. The zero-order chi connectivity index (χ0) is 22.6. The molecule has 4 rings (SSSR count). The van der Waals surface area contributed by atoms with Crippen molar-refractivity contribution < 1.29 is 22.7 Å². The van der Waals surface area contributed by atoms with Crippen molar-refractivity contribution in [1.29, 1.82) is 0 Å². The minimum Gasteiger partial charge on any atom is -0.489 e. The van der Waals surface area contributed by atoms with Gasteiger partial charge in [0.15, 0.2) is 6.10 Å². The Balaban J connectivity index is 1.60. The van der Waals surface area contributed by atoms with Gasteiger partial charge in [0, 0.05) is 11.8 Å². The first-order valence-electron chi connectivity index (χ1n) is 9.97. The Labute approximate surface area is 186 Å². The molecular weight excluding hydrogens is 428 g/mol. The Kier molecular flexibility index (Phi) is 6.13. The van der Waals surface area contributed by atoms with Crippen molar-refractivity contribution >= 4 is 27.3 Å². The van der Waals surface area contributed by atoms with Gasteiger partial charge in [-0.1, -0.05) is 49.1 Å². The fourth-order valence-corrected chi connectivity index (χ4v) is 4.82. The standard InChI is InChI=1S/C24H22N2O5S/c1-2-15-30-19-10-8-9-18(16-19)25-24(27)23-17-26(21-13-6-7-14-22(21)31-23)32(28,29)20-11-4-3-5-12-20/h2-14,16,23H,1,15,17H2,(H,25,27)/t23-/m1/s1. The molecule has 164 valence electrons. The number of ether oxygens (including phenoxy) is 2. The summed E-state index contributed by atoms with van der Waals surface area (Å²) in [5.74, 6) is 0.431. The summed E-state index contributed by atoms with van der Waals surface area (Å²) in [6.45, 7) is 3.79. The van der Waals surface area contributed by atoms with E-state index >= 15 is 0 Å². The zero-order valence-electron chi connectivity index (χ0n) is 17.2. The number of nitrogens with zero attached hydrogens (tertiary/aromatic N) is 1. The molecule has 3 aromatic rings. The molecule has 0 aromatic heterocycles. The first kappa shape index (κ1) is 21.5. The molecular formula is C24H22N2O5S. The molecule has 1 atom stereocenters. The lowest BCUT2D eigenvalue weighted by Gasteiger charge is -2.34. The zero-order valence-corrected chi connectivity index (χ0v) is 18.0. The van der Waals surface area contributed by atoms with Crippen molar-refractivity contribution in [2.24, 2.45) is 0 Å². The maximum atomic E-state index is 13.3. The molecule has 8 heteroatoms. The van der Waals surface area contributed by atoms with Crippen LogP contribution in [-0.2, 0) is 14.8 Å². The Hall–Kier alpha value is -3.78. The van der Waals surface area contributed by atoms with Gasteiger partial charge in [0.1, 0.15) is 18.1 Å². The fourth-order valence-electron chi connectivity index (χ4n) is 3.33. The molecule has 1 heterocycles. The molecule has 0 saturated carbocycles. The first-order chi connectivity index (χ1) is 15.5. The van der Waals surface area contributed by atoms with Crippen molar-refractivity contribution in [3.63, 3.8) is 0 Å². The van der Waals surface area contributed by atoms with Crippen LogP contribution in [0, 0.1) is 0 Å². The average molecular weight is 451 g/mol. The largest absolute Gasteiger partial charge is 0.489 e. The number of fused-ring (bicyclic) bond motifs is 1. The Morgan fingerprint density at radius 2 is 1.84 bits per heavy atom. The number of rotatable bonds is 7. The third kappa shape index (κ3) is 4.45. The molecule has 0 radical (unpaired) electrons. The van der Waals surface area contributed by atoms with Gasteiger partial charge in [-0.2, -0.15) is 0 Å². The normalized spacial score (nSPS) is 15.2. The van der Waals surface area contributed by atoms with Gasteiger partial charge in [-0.15, -0.1) is 0 Å². The van der Waals surface area contributed by atoms with Gasteiger partial charge in [0.25, 0.3) is 15.9 Å². The third-order valence-corrected chi connectivity index (χ3v) is 6.62. The summed E-state index contributed by atoms with van der Waals surface area (Å²) < 4.78 is 39.2. The lowest BCUT2D eigenvalue weighted by Crippen LogP contribution is -2.48. The molecule has 0 fully saturated rings. The second-order valence-electron chi connectivity index (χ2n) is 7.04. The van der Waals surface area contributed by atoms with Crippen LogP contribution in [0.4, 0.5) is 11.4 Å². The van der Waals surface area contributed by atoms with Gasteiger partial charge in [-0.05, 0) is 36.4 Å². The van der Waals surface area contributed by atoms with E-state index in [9.17, 15) is 13.2 Å². The number of benzene rings is 3. The van der Waals surface area contributed by atoms with Gasteiger partial charge < -0.3 is 14.8 Å². The maximum absolute atomic E-state index is 13.3. The highest BCUT2D eigenvalue weighted by Crippen LogP contribution is 2.37. The van der Waals surface area contributed by atoms with Crippen LogP contribution in [0.5, 0.6) is 11.5 Å². The minimum absolute atomic E-state index is 0.142. The van der Waals surface area contributed by atoms with E-state index in [-0.39, 0.29) is 11.4 Å². The molecule has 1 amide bonds. The number of hydrogen-bond donors (Lipinski definition) is 1. The molecule has 0 saturated heterocycles. The molecule has 0 bridgehead atoms. The maximum Gasteiger partial charge on any atom is 0.267 e. The molecule has 32 heavy (non-hydrogen) atoms. The van der Waals surface area contributed by atoms with Crippen LogP contribution < -0.4 is 19.1 Å². The van der Waals surface area contributed by atoms with Crippen LogP contribution in [-0.4, -0.2) is 33.6 Å². The minimum atomic E-state index is -3.89. The second-order valence-corrected chi connectivity index (χ2v) is 8.90. The van der Waals surface area contributed by atoms with Crippen molar-refractivity contribution in [3.05, 3.63) is 91.5 Å². The number of amides is 1. The van der Waals surface area contributed by atoms with Crippen molar-refractivity contribution in [3.8, 4) is 11.5 Å². The average Bonchev–Trinajstić information content (AvgIpc) is 2.82. The number of nitrogens with one attached hydrogen (secondary N) is 1. The molecule has 0 spiro atoms. The predicted molar refractivity (Wildman–Crippen MR) is 123 cm³/mol. The van der Waals surface area contributed by atoms with Gasteiger partial charge in [0.2, 0.25) is 0 Å². The van der Waals surface area contributed by atoms with E-state index in [0.29, 0.717) is 29.5 Å². The van der Waals surface area contributed by atoms with Crippen LogP contribution in [0.25, 0.3) is 0 Å². The highest BCUT2D eigenvalue weighted by molar-refractivity contribution is 7.92. The summed E-state index contributed by atoms with van der Waals surface area (Å²) in [6, 6.07) is 21.8. The highest BCUT2D eigenvalue weighted by atomic mass is 32.2. The number of anilines is 2. The molecule has 7 nitrogen and oxygen atoms in total. The van der Waals surface area contributed by atoms with Crippen molar-refractivity contribution in [1.82, 2.24) is 0 Å². The molecule has 3 aromatic carbocycles. The fraction of sp³-hybridized carbons (Fsp3) is 0.125. The van der Waals surface area contributed by atoms with E-state index in [1.165, 1.54) is 16.4 Å². The predicted octanol–water partition coefficient (Wildman–Crippen LogP) is 3.85. The number of hydrogen-bond acceptors (Lipinski definition) is 5. The summed E-state index contributed by atoms with van der Waals surface area (Å²) in [5.41, 5.74) is 0.900. The molecule has 0 unspecified atom stereocenters. The number of carbonyl (C=O) groups excluding carboxylic acids is 1. The van der Waals surface area contributed by atoms with Crippen LogP contribution in [0.15, 0.2) is 96.4 Å². The van der Waals surface area contributed by atoms with Crippen LogP contribution >= 0.6 is 0 Å². The first-order valence-corrected chi connectivity index (χ1v) is 11.4. The highest BCUT2D eigenvalue weighted by Gasteiger charge is 2.37. The van der Waals surface area contributed by atoms with Gasteiger partial charge >= 0.3 is 0 Å². The molecule has 1 aliphatic rings. The number of sulfonamides is 1. The van der Waals surface area contributed by atoms with E-state index in [1.807, 2.05) is 0 Å². The van der Waals surface area contributed by atoms with Crippen LogP contribution in [0.1, 0.15) is 0 Å². The van der Waals surface area contributed by atoms with E-state index in [0.717, 1.165) is 0 Å². The molecule has 1 aliphatic heterocycles. The summed E-state index contributed by atoms with van der Waals surface area (Å²) in [4.78, 5) is 13.1. The van der Waals surface area contributed by atoms with Crippen LogP contribution in [0.3, 0.4) is 0 Å². The van der Waals surface area contributed by atoms with E-state index in [4.69, 9.17) is 9.47 Å². The van der Waals surface area contributed by atoms with Crippen molar-refractivity contribution in [2.75, 3.05) is 22.8 Å². The van der Waals surface area contributed by atoms with E-state index in [2.05, 4.69) is 11.9 Å². The van der Waals surface area contributed by atoms with Crippen molar-refractivity contribution in [2.45, 2.75) is 11.0 Å². The monoisotopic (exact) mass is 450 g/mol. The summed E-state index contributed by atoms with van der Waals surface area (Å²) in [5, 5.41) is 2.78. The third-order valence-electron chi connectivity index (χ3n) is 4.83. The van der Waals surface area contributed by atoms with E-state index < -0.39 is 22.0 Å². The van der Waals surface area contributed by atoms with Gasteiger partial charge in [-0.25, -0.2) is 8.42 Å². The number of para-hydroxylation sites is 2. The van der Waals surface area contributed by atoms with E-state index in [1.54, 1.807) is 72.8 Å². The smallest absolute Gasteiger partial charge is 0.267 e. The Morgan fingerprint density at radius 1 is 1.09 bits per heavy atom. The topological polar surface area (TPSA) is 84.9 Å². The SMILES string of the molecule is C=CCOc1cccc(NC(=O)[C@H]2CN(S(=O)(=O)c3ccccc3)c3ccccc3O2)c1. The summed E-state index contributed by atoms with van der Waals surface area (Å²) in [7, 11) is -3.89. The summed E-state index contributed by atoms with van der Waals surface area (Å²) >= 11 is 0. The van der Waals surface area contributed by atoms with Crippen LogP contribution in [0.2, 0.25) is 0 Å².